The number of hydrogen-bond acceptors (Lipinski definition) is 3. The Morgan fingerprint density at radius 3 is 2.28 bits per heavy atom. The Kier molecular flexibility index (Phi) is 5.49. The molecule has 0 saturated heterocycles. The zero-order valence-corrected chi connectivity index (χ0v) is 11.1. The summed E-state index contributed by atoms with van der Waals surface area (Å²) >= 11 is 0. The van der Waals surface area contributed by atoms with Crippen molar-refractivity contribution in [1.29, 1.82) is 0 Å². The summed E-state index contributed by atoms with van der Waals surface area (Å²) in [5.74, 6) is -0.0520. The van der Waals surface area contributed by atoms with E-state index >= 15 is 0 Å². The molecule has 0 bridgehead atoms. The van der Waals surface area contributed by atoms with Crippen LogP contribution >= 0.6 is 0 Å². The normalized spacial score (nSPS) is 11.9. The van der Waals surface area contributed by atoms with E-state index < -0.39 is 11.9 Å². The maximum absolute atomic E-state index is 11.1. The lowest BCUT2D eigenvalue weighted by Gasteiger charge is -2.15. The van der Waals surface area contributed by atoms with Crippen LogP contribution in [0.25, 0.3) is 0 Å². The molecular weight excluding hydrogens is 232 g/mol. The van der Waals surface area contributed by atoms with Gasteiger partial charge in [0.15, 0.2) is 11.5 Å². The standard InChI is InChI=1S/C14H20O4/c1-4-11(14(15)16)10-7-8-12(17-5-2)13(9-10)18-6-3/h7-9,11H,4-6H2,1-3H3,(H,15,16). The fraction of sp³-hybridized carbons (Fsp3) is 0.500. The van der Waals surface area contributed by atoms with Crippen LogP contribution in [0.4, 0.5) is 0 Å². The zero-order chi connectivity index (χ0) is 13.5. The van der Waals surface area contributed by atoms with Crippen molar-refractivity contribution in [3.8, 4) is 11.5 Å². The molecule has 4 nitrogen and oxygen atoms in total. The number of benzene rings is 1. The van der Waals surface area contributed by atoms with Crippen LogP contribution in [0.5, 0.6) is 11.5 Å². The second-order valence-electron chi connectivity index (χ2n) is 3.87. The van der Waals surface area contributed by atoms with E-state index in [1.54, 1.807) is 18.2 Å². The maximum atomic E-state index is 11.1. The summed E-state index contributed by atoms with van der Waals surface area (Å²) in [6, 6.07) is 5.32. The van der Waals surface area contributed by atoms with Crippen LogP contribution in [-0.2, 0) is 4.79 Å². The molecule has 18 heavy (non-hydrogen) atoms. The van der Waals surface area contributed by atoms with Crippen LogP contribution in [0, 0.1) is 0 Å². The smallest absolute Gasteiger partial charge is 0.310 e. The van der Waals surface area contributed by atoms with Crippen LogP contribution in [0.1, 0.15) is 38.7 Å². The molecular formula is C14H20O4. The molecule has 1 unspecified atom stereocenters. The van der Waals surface area contributed by atoms with Gasteiger partial charge in [-0.15, -0.1) is 0 Å². The Bertz CT molecular complexity index is 401. The minimum atomic E-state index is -0.816. The number of ether oxygens (including phenoxy) is 2. The largest absolute Gasteiger partial charge is 0.490 e. The Labute approximate surface area is 108 Å². The van der Waals surface area contributed by atoms with Crippen molar-refractivity contribution >= 4 is 5.97 Å². The monoisotopic (exact) mass is 252 g/mol. The molecule has 1 rings (SSSR count). The van der Waals surface area contributed by atoms with E-state index in [1.807, 2.05) is 20.8 Å². The van der Waals surface area contributed by atoms with E-state index in [1.165, 1.54) is 0 Å². The summed E-state index contributed by atoms with van der Waals surface area (Å²) < 4.78 is 10.9. The highest BCUT2D eigenvalue weighted by atomic mass is 16.5. The summed E-state index contributed by atoms with van der Waals surface area (Å²) in [5.41, 5.74) is 0.747. The van der Waals surface area contributed by atoms with Gasteiger partial charge in [0.05, 0.1) is 19.1 Å². The van der Waals surface area contributed by atoms with Gasteiger partial charge in [0.25, 0.3) is 0 Å². The van der Waals surface area contributed by atoms with Gasteiger partial charge in [0.2, 0.25) is 0 Å². The van der Waals surface area contributed by atoms with E-state index in [2.05, 4.69) is 0 Å². The maximum Gasteiger partial charge on any atom is 0.310 e. The molecule has 0 fully saturated rings. The average Bonchev–Trinajstić information content (AvgIpc) is 2.33. The summed E-state index contributed by atoms with van der Waals surface area (Å²) in [7, 11) is 0. The van der Waals surface area contributed by atoms with E-state index in [0.717, 1.165) is 5.56 Å². The van der Waals surface area contributed by atoms with Crippen molar-refractivity contribution < 1.29 is 19.4 Å². The van der Waals surface area contributed by atoms with Crippen molar-refractivity contribution in [3.63, 3.8) is 0 Å². The highest BCUT2D eigenvalue weighted by Crippen LogP contribution is 2.32. The third-order valence-electron chi connectivity index (χ3n) is 2.68. The molecule has 1 N–H and O–H groups in total. The van der Waals surface area contributed by atoms with E-state index in [0.29, 0.717) is 31.1 Å². The molecule has 0 aliphatic heterocycles. The summed E-state index contributed by atoms with van der Waals surface area (Å²) in [5, 5.41) is 9.15. The lowest BCUT2D eigenvalue weighted by molar-refractivity contribution is -0.138. The van der Waals surface area contributed by atoms with Gasteiger partial charge in [-0.2, -0.15) is 0 Å². The second-order valence-corrected chi connectivity index (χ2v) is 3.87. The number of hydrogen-bond donors (Lipinski definition) is 1. The third kappa shape index (κ3) is 3.39. The zero-order valence-electron chi connectivity index (χ0n) is 11.1. The Balaban J connectivity index is 3.08. The molecule has 1 aromatic rings. The minimum absolute atomic E-state index is 0.500. The van der Waals surface area contributed by atoms with Gasteiger partial charge >= 0.3 is 5.97 Å². The first-order valence-corrected chi connectivity index (χ1v) is 6.26. The molecule has 0 amide bonds. The molecule has 1 atom stereocenters. The molecule has 0 aliphatic carbocycles. The molecule has 0 aromatic heterocycles. The molecule has 0 radical (unpaired) electrons. The fourth-order valence-electron chi connectivity index (χ4n) is 1.84. The highest BCUT2D eigenvalue weighted by molar-refractivity contribution is 5.76. The van der Waals surface area contributed by atoms with E-state index in [4.69, 9.17) is 14.6 Å². The third-order valence-corrected chi connectivity index (χ3v) is 2.68. The second kappa shape index (κ2) is 6.89. The molecule has 0 saturated carbocycles. The van der Waals surface area contributed by atoms with Crippen molar-refractivity contribution in [2.24, 2.45) is 0 Å². The van der Waals surface area contributed by atoms with Crippen molar-refractivity contribution in [3.05, 3.63) is 23.8 Å². The molecule has 100 valence electrons. The van der Waals surface area contributed by atoms with Crippen LogP contribution in [0.15, 0.2) is 18.2 Å². The number of carbonyl (C=O) groups is 1. The van der Waals surface area contributed by atoms with Crippen LogP contribution in [0.3, 0.4) is 0 Å². The molecule has 0 spiro atoms. The van der Waals surface area contributed by atoms with E-state index in [-0.39, 0.29) is 0 Å². The SMILES string of the molecule is CCOc1ccc(C(CC)C(=O)O)cc1OCC. The van der Waals surface area contributed by atoms with Crippen LogP contribution in [-0.4, -0.2) is 24.3 Å². The van der Waals surface area contributed by atoms with Gasteiger partial charge in [0.1, 0.15) is 0 Å². The first-order chi connectivity index (χ1) is 8.63. The van der Waals surface area contributed by atoms with Gasteiger partial charge in [-0.3, -0.25) is 4.79 Å². The summed E-state index contributed by atoms with van der Waals surface area (Å²) in [6.07, 6.45) is 0.550. The van der Waals surface area contributed by atoms with Crippen molar-refractivity contribution in [1.82, 2.24) is 0 Å². The molecule has 0 heterocycles. The van der Waals surface area contributed by atoms with Crippen molar-refractivity contribution in [2.75, 3.05) is 13.2 Å². The minimum Gasteiger partial charge on any atom is -0.490 e. The first-order valence-electron chi connectivity index (χ1n) is 6.26. The lowest BCUT2D eigenvalue weighted by Crippen LogP contribution is -2.11. The number of carboxylic acids is 1. The highest BCUT2D eigenvalue weighted by Gasteiger charge is 2.19. The van der Waals surface area contributed by atoms with Gasteiger partial charge in [-0.1, -0.05) is 13.0 Å². The Hall–Kier alpha value is -1.71. The Morgan fingerprint density at radius 1 is 1.17 bits per heavy atom. The average molecular weight is 252 g/mol. The van der Waals surface area contributed by atoms with Gasteiger partial charge in [-0.05, 0) is 38.0 Å². The summed E-state index contributed by atoms with van der Waals surface area (Å²) in [6.45, 7) is 6.71. The van der Waals surface area contributed by atoms with Gasteiger partial charge < -0.3 is 14.6 Å². The lowest BCUT2D eigenvalue weighted by atomic mass is 9.96. The van der Waals surface area contributed by atoms with Gasteiger partial charge in [0, 0.05) is 0 Å². The van der Waals surface area contributed by atoms with Crippen molar-refractivity contribution in [2.45, 2.75) is 33.1 Å². The van der Waals surface area contributed by atoms with Crippen LogP contribution < -0.4 is 9.47 Å². The fourth-order valence-corrected chi connectivity index (χ4v) is 1.84. The first kappa shape index (κ1) is 14.4. The number of aliphatic carboxylic acids is 1. The number of rotatable bonds is 7. The predicted octanol–water partition coefficient (Wildman–Crippen LogP) is 3.06. The van der Waals surface area contributed by atoms with Gasteiger partial charge in [-0.25, -0.2) is 0 Å². The van der Waals surface area contributed by atoms with Crippen LogP contribution in [0.2, 0.25) is 0 Å². The predicted molar refractivity (Wildman–Crippen MR) is 69.4 cm³/mol. The molecule has 1 aromatic carbocycles. The summed E-state index contributed by atoms with van der Waals surface area (Å²) in [4.78, 5) is 11.1. The topological polar surface area (TPSA) is 55.8 Å². The van der Waals surface area contributed by atoms with E-state index in [9.17, 15) is 4.79 Å². The Morgan fingerprint density at radius 2 is 1.78 bits per heavy atom. The molecule has 0 aliphatic rings. The molecule has 4 heteroatoms. The quantitative estimate of drug-likeness (QED) is 0.810. The number of carboxylic acid groups (broad SMARTS) is 1.